The lowest BCUT2D eigenvalue weighted by molar-refractivity contribution is 0.0510. The zero-order valence-electron chi connectivity index (χ0n) is 17.6. The molecule has 156 valence electrons. The maximum Gasteiger partial charge on any atom is 0.491 e. The minimum Gasteiger partial charge on any atom is -0.491 e. The first kappa shape index (κ1) is 20.7. The van der Waals surface area contributed by atoms with Crippen molar-refractivity contribution in [3.05, 3.63) is 77.1 Å². The van der Waals surface area contributed by atoms with E-state index < -0.39 is 12.7 Å². The Morgan fingerprint density at radius 2 is 2.10 bits per heavy atom. The summed E-state index contributed by atoms with van der Waals surface area (Å²) in [5.41, 5.74) is 2.81. The molecule has 0 unspecified atom stereocenters. The molecule has 0 spiro atoms. The van der Waals surface area contributed by atoms with Crippen LogP contribution in [0.1, 0.15) is 54.6 Å². The molecular weight excluding hydrogens is 377 g/mol. The SMILES string of the molecule is CC/C=C(/OCc1ccccc1)[C@]1(C)CCCN1C(=O)c1ccc2c(c1)B(O)OC2. The van der Waals surface area contributed by atoms with Gasteiger partial charge in [0.05, 0.1) is 12.1 Å². The summed E-state index contributed by atoms with van der Waals surface area (Å²) in [7, 11) is -0.956. The molecule has 5 nitrogen and oxygen atoms in total. The van der Waals surface area contributed by atoms with Gasteiger partial charge in [-0.2, -0.15) is 0 Å². The van der Waals surface area contributed by atoms with Gasteiger partial charge in [-0.05, 0) is 61.0 Å². The van der Waals surface area contributed by atoms with Crippen molar-refractivity contribution in [2.45, 2.75) is 51.9 Å². The predicted octanol–water partition coefficient (Wildman–Crippen LogP) is 3.41. The molecule has 2 aliphatic rings. The van der Waals surface area contributed by atoms with Gasteiger partial charge in [0.15, 0.2) is 0 Å². The van der Waals surface area contributed by atoms with E-state index in [1.54, 1.807) is 6.07 Å². The normalized spacial score (nSPS) is 21.1. The fraction of sp³-hybridized carbons (Fsp3) is 0.375. The van der Waals surface area contributed by atoms with Crippen molar-refractivity contribution in [3.8, 4) is 0 Å². The Morgan fingerprint density at radius 3 is 2.87 bits per heavy atom. The average molecular weight is 405 g/mol. The summed E-state index contributed by atoms with van der Waals surface area (Å²) < 4.78 is 11.5. The van der Waals surface area contributed by atoms with Crippen molar-refractivity contribution < 1.29 is 19.2 Å². The van der Waals surface area contributed by atoms with E-state index in [-0.39, 0.29) is 5.91 Å². The highest BCUT2D eigenvalue weighted by atomic mass is 16.5. The Hall–Kier alpha value is -2.57. The molecule has 1 amide bonds. The van der Waals surface area contributed by atoms with Crippen LogP contribution in [-0.2, 0) is 22.6 Å². The van der Waals surface area contributed by atoms with Gasteiger partial charge in [-0.3, -0.25) is 4.79 Å². The van der Waals surface area contributed by atoms with E-state index in [1.165, 1.54) is 0 Å². The molecule has 1 fully saturated rings. The summed E-state index contributed by atoms with van der Waals surface area (Å²) in [6.45, 7) is 5.71. The maximum absolute atomic E-state index is 13.5. The number of rotatable bonds is 6. The van der Waals surface area contributed by atoms with Crippen molar-refractivity contribution in [2.75, 3.05) is 6.54 Å². The van der Waals surface area contributed by atoms with Crippen LogP contribution in [-0.4, -0.2) is 35.0 Å². The summed E-state index contributed by atoms with van der Waals surface area (Å²) in [5, 5.41) is 10.0. The van der Waals surface area contributed by atoms with Crippen molar-refractivity contribution in [2.24, 2.45) is 0 Å². The molecule has 0 radical (unpaired) electrons. The third-order valence-electron chi connectivity index (χ3n) is 6.10. The van der Waals surface area contributed by atoms with E-state index in [1.807, 2.05) is 47.4 Å². The molecule has 0 saturated carbocycles. The second-order valence-corrected chi connectivity index (χ2v) is 8.16. The Bertz CT molecular complexity index is 945. The van der Waals surface area contributed by atoms with Crippen LogP contribution in [0.25, 0.3) is 0 Å². The van der Waals surface area contributed by atoms with Crippen LogP contribution >= 0.6 is 0 Å². The number of likely N-dealkylation sites (tertiary alicyclic amines) is 1. The monoisotopic (exact) mass is 405 g/mol. The third kappa shape index (κ3) is 3.90. The minimum atomic E-state index is -0.956. The standard InChI is InChI=1S/C24H28BNO4/c1-3-8-22(29-16-18-9-5-4-6-10-18)24(2)13-7-14-26(24)23(27)19-11-12-20-17-30-25(28)21(20)15-19/h4-6,8-12,15,28H,3,7,13-14,16-17H2,1-2H3/b22-8+/t24-/m0/s1. The number of carbonyl (C=O) groups is 1. The smallest absolute Gasteiger partial charge is 0.491 e. The van der Waals surface area contributed by atoms with Crippen LogP contribution in [0.4, 0.5) is 0 Å². The second-order valence-electron chi connectivity index (χ2n) is 8.16. The first-order valence-corrected chi connectivity index (χ1v) is 10.6. The topological polar surface area (TPSA) is 59.0 Å². The zero-order chi connectivity index (χ0) is 21.1. The number of fused-ring (bicyclic) bond motifs is 1. The number of nitrogens with zero attached hydrogens (tertiary/aromatic N) is 1. The molecular formula is C24H28BNO4. The van der Waals surface area contributed by atoms with Crippen molar-refractivity contribution in [1.82, 2.24) is 4.90 Å². The summed E-state index contributed by atoms with van der Waals surface area (Å²) >= 11 is 0. The molecule has 6 heteroatoms. The van der Waals surface area contributed by atoms with E-state index in [9.17, 15) is 9.82 Å². The number of carbonyl (C=O) groups excluding carboxylic acids is 1. The summed E-state index contributed by atoms with van der Waals surface area (Å²) in [6, 6.07) is 15.5. The van der Waals surface area contributed by atoms with Crippen LogP contribution in [0.2, 0.25) is 0 Å². The zero-order valence-corrected chi connectivity index (χ0v) is 17.6. The lowest BCUT2D eigenvalue weighted by Crippen LogP contribution is -2.47. The Morgan fingerprint density at radius 1 is 1.30 bits per heavy atom. The van der Waals surface area contributed by atoms with E-state index >= 15 is 0 Å². The maximum atomic E-state index is 13.5. The van der Waals surface area contributed by atoms with Crippen LogP contribution in [0.3, 0.4) is 0 Å². The molecule has 4 rings (SSSR count). The molecule has 0 aromatic heterocycles. The molecule has 1 saturated heterocycles. The fourth-order valence-electron chi connectivity index (χ4n) is 4.40. The van der Waals surface area contributed by atoms with E-state index in [0.29, 0.717) is 30.8 Å². The number of hydrogen-bond acceptors (Lipinski definition) is 4. The van der Waals surface area contributed by atoms with Crippen LogP contribution in [0.15, 0.2) is 60.4 Å². The largest absolute Gasteiger partial charge is 0.491 e. The summed E-state index contributed by atoms with van der Waals surface area (Å²) in [4.78, 5) is 15.4. The van der Waals surface area contributed by atoms with Gasteiger partial charge in [-0.15, -0.1) is 0 Å². The average Bonchev–Trinajstić information content (AvgIpc) is 3.34. The van der Waals surface area contributed by atoms with Crippen molar-refractivity contribution in [3.63, 3.8) is 0 Å². The van der Waals surface area contributed by atoms with Crippen LogP contribution < -0.4 is 5.46 Å². The van der Waals surface area contributed by atoms with E-state index in [0.717, 1.165) is 36.1 Å². The molecule has 2 aromatic rings. The molecule has 2 aromatic carbocycles. The fourth-order valence-corrected chi connectivity index (χ4v) is 4.40. The van der Waals surface area contributed by atoms with Gasteiger partial charge in [0.1, 0.15) is 12.4 Å². The third-order valence-corrected chi connectivity index (χ3v) is 6.10. The number of benzene rings is 2. The number of amides is 1. The van der Waals surface area contributed by atoms with Gasteiger partial charge >= 0.3 is 7.12 Å². The Balaban J connectivity index is 1.57. The lowest BCUT2D eigenvalue weighted by atomic mass is 9.78. The molecule has 2 aliphatic heterocycles. The Labute approximate surface area is 178 Å². The van der Waals surface area contributed by atoms with E-state index in [4.69, 9.17) is 9.39 Å². The van der Waals surface area contributed by atoms with Crippen LogP contribution in [0, 0.1) is 0 Å². The van der Waals surface area contributed by atoms with Gasteiger partial charge in [0.2, 0.25) is 0 Å². The highest BCUT2D eigenvalue weighted by molar-refractivity contribution is 6.61. The quantitative estimate of drug-likeness (QED) is 0.591. The van der Waals surface area contributed by atoms with Crippen molar-refractivity contribution in [1.29, 1.82) is 0 Å². The van der Waals surface area contributed by atoms with Gasteiger partial charge in [-0.1, -0.05) is 43.3 Å². The van der Waals surface area contributed by atoms with Gasteiger partial charge in [0, 0.05) is 12.1 Å². The molecule has 0 bridgehead atoms. The highest BCUT2D eigenvalue weighted by Crippen LogP contribution is 2.38. The first-order chi connectivity index (χ1) is 14.5. The van der Waals surface area contributed by atoms with Crippen molar-refractivity contribution >= 4 is 18.5 Å². The molecule has 1 atom stereocenters. The first-order valence-electron chi connectivity index (χ1n) is 10.6. The molecule has 2 heterocycles. The number of hydrogen-bond donors (Lipinski definition) is 1. The lowest BCUT2D eigenvalue weighted by Gasteiger charge is -2.37. The molecule has 30 heavy (non-hydrogen) atoms. The van der Waals surface area contributed by atoms with Gasteiger partial charge in [-0.25, -0.2) is 0 Å². The summed E-state index contributed by atoms with van der Waals surface area (Å²) in [5.74, 6) is 0.812. The minimum absolute atomic E-state index is 0.0396. The van der Waals surface area contributed by atoms with Gasteiger partial charge in [0.25, 0.3) is 5.91 Å². The van der Waals surface area contributed by atoms with E-state index in [2.05, 4.69) is 19.9 Å². The Kier molecular flexibility index (Phi) is 5.98. The highest BCUT2D eigenvalue weighted by Gasteiger charge is 2.44. The van der Waals surface area contributed by atoms with Crippen LogP contribution in [0.5, 0.6) is 0 Å². The summed E-state index contributed by atoms with van der Waals surface area (Å²) in [6.07, 6.45) is 4.71. The van der Waals surface area contributed by atoms with Gasteiger partial charge < -0.3 is 19.3 Å². The predicted molar refractivity (Wildman–Crippen MR) is 117 cm³/mol. The number of allylic oxidation sites excluding steroid dienone is 1. The second kappa shape index (κ2) is 8.66. The number of ether oxygens (including phenoxy) is 1. The molecule has 1 N–H and O–H groups in total. The molecule has 0 aliphatic carbocycles.